The van der Waals surface area contributed by atoms with Crippen molar-refractivity contribution in [1.29, 1.82) is 0 Å². The number of ether oxygens (including phenoxy) is 1. The van der Waals surface area contributed by atoms with Crippen LogP contribution < -0.4 is 10.1 Å². The topological polar surface area (TPSA) is 24.5 Å². The van der Waals surface area contributed by atoms with Crippen LogP contribution in [0.3, 0.4) is 0 Å². The predicted molar refractivity (Wildman–Crippen MR) is 78.8 cm³/mol. The Kier molecular flexibility index (Phi) is 3.83. The van der Waals surface area contributed by atoms with Gasteiger partial charge in [-0.1, -0.05) is 0 Å². The largest absolute Gasteiger partial charge is 0.491 e. The highest BCUT2D eigenvalue weighted by Gasteiger charge is 2.38. The molecule has 110 valence electrons. The molecule has 1 N–H and O–H groups in total. The van der Waals surface area contributed by atoms with Gasteiger partial charge in [-0.3, -0.25) is 4.90 Å². The molecular formula is C16H23FN2O. The molecule has 3 nitrogen and oxygen atoms in total. The summed E-state index contributed by atoms with van der Waals surface area (Å²) in [7, 11) is 0. The molecule has 0 aromatic heterocycles. The van der Waals surface area contributed by atoms with Crippen molar-refractivity contribution in [3.05, 3.63) is 24.0 Å². The lowest BCUT2D eigenvalue weighted by molar-refractivity contribution is 0.257. The first-order valence-corrected chi connectivity index (χ1v) is 7.62. The third kappa shape index (κ3) is 2.90. The molecule has 2 aliphatic rings. The normalized spacial score (nSPS) is 26.8. The van der Waals surface area contributed by atoms with E-state index in [1.165, 1.54) is 18.9 Å². The molecule has 2 unspecified atom stereocenters. The zero-order valence-electron chi connectivity index (χ0n) is 12.2. The number of rotatable bonds is 5. The van der Waals surface area contributed by atoms with Crippen molar-refractivity contribution < 1.29 is 9.13 Å². The summed E-state index contributed by atoms with van der Waals surface area (Å²) in [6.07, 6.45) is 3.81. The minimum Gasteiger partial charge on any atom is -0.491 e. The van der Waals surface area contributed by atoms with Crippen molar-refractivity contribution >= 4 is 5.69 Å². The van der Waals surface area contributed by atoms with E-state index in [1.54, 1.807) is 6.07 Å². The monoisotopic (exact) mass is 278 g/mol. The molecule has 1 heterocycles. The summed E-state index contributed by atoms with van der Waals surface area (Å²) in [4.78, 5) is 2.59. The average Bonchev–Trinajstić information content (AvgIpc) is 3.18. The van der Waals surface area contributed by atoms with Gasteiger partial charge in [0, 0.05) is 36.4 Å². The molecule has 2 atom stereocenters. The molecule has 1 aromatic carbocycles. The average molecular weight is 278 g/mol. The van der Waals surface area contributed by atoms with Crippen LogP contribution in [0, 0.1) is 5.82 Å². The highest BCUT2D eigenvalue weighted by Crippen LogP contribution is 2.34. The van der Waals surface area contributed by atoms with Gasteiger partial charge >= 0.3 is 0 Å². The number of anilines is 1. The van der Waals surface area contributed by atoms with E-state index in [9.17, 15) is 4.39 Å². The van der Waals surface area contributed by atoms with Gasteiger partial charge in [0.25, 0.3) is 0 Å². The second-order valence-electron chi connectivity index (χ2n) is 5.93. The van der Waals surface area contributed by atoms with Crippen LogP contribution in [0.1, 0.15) is 33.1 Å². The lowest BCUT2D eigenvalue weighted by atomic mass is 10.2. The zero-order valence-corrected chi connectivity index (χ0v) is 12.2. The number of nitrogens with zero attached hydrogens (tertiary/aromatic N) is 1. The third-order valence-corrected chi connectivity index (χ3v) is 4.24. The molecule has 1 saturated heterocycles. The molecule has 1 saturated carbocycles. The fourth-order valence-corrected chi connectivity index (χ4v) is 3.17. The molecule has 1 aliphatic heterocycles. The summed E-state index contributed by atoms with van der Waals surface area (Å²) < 4.78 is 19.1. The maximum atomic E-state index is 13.8. The van der Waals surface area contributed by atoms with E-state index < -0.39 is 0 Å². The maximum Gasteiger partial charge on any atom is 0.167 e. The van der Waals surface area contributed by atoms with Gasteiger partial charge in [-0.25, -0.2) is 4.39 Å². The van der Waals surface area contributed by atoms with E-state index in [1.807, 2.05) is 13.0 Å². The van der Waals surface area contributed by atoms with Crippen LogP contribution in [-0.4, -0.2) is 36.2 Å². The highest BCUT2D eigenvalue weighted by atomic mass is 19.1. The minimum atomic E-state index is -0.290. The molecule has 0 radical (unpaired) electrons. The second-order valence-corrected chi connectivity index (χ2v) is 5.93. The summed E-state index contributed by atoms with van der Waals surface area (Å²) in [6.45, 7) is 5.71. The van der Waals surface area contributed by atoms with E-state index in [0.717, 1.165) is 24.7 Å². The van der Waals surface area contributed by atoms with Crippen molar-refractivity contribution in [2.24, 2.45) is 0 Å². The van der Waals surface area contributed by atoms with Crippen LogP contribution in [0.25, 0.3) is 0 Å². The van der Waals surface area contributed by atoms with Crippen LogP contribution in [0.15, 0.2) is 18.2 Å². The van der Waals surface area contributed by atoms with Crippen LogP contribution in [-0.2, 0) is 0 Å². The number of likely N-dealkylation sites (tertiary alicyclic amines) is 1. The van der Waals surface area contributed by atoms with Gasteiger partial charge in [-0.15, -0.1) is 0 Å². The van der Waals surface area contributed by atoms with Gasteiger partial charge < -0.3 is 10.1 Å². The summed E-state index contributed by atoms with van der Waals surface area (Å²) in [6, 6.07) is 7.00. The van der Waals surface area contributed by atoms with Crippen molar-refractivity contribution in [3.8, 4) is 5.75 Å². The fourth-order valence-electron chi connectivity index (χ4n) is 3.17. The highest BCUT2D eigenvalue weighted by molar-refractivity contribution is 5.48. The molecule has 2 fully saturated rings. The molecular weight excluding hydrogens is 255 g/mol. The van der Waals surface area contributed by atoms with Crippen molar-refractivity contribution in [2.45, 2.75) is 51.2 Å². The Morgan fingerprint density at radius 2 is 2.20 bits per heavy atom. The standard InChI is InChI=1S/C16H23FN2O/c1-3-20-16-7-4-12(9-15(16)17)18-13-8-11(2)19(10-13)14-5-6-14/h4,7,9,11,13-14,18H,3,5-6,8,10H2,1-2H3. The van der Waals surface area contributed by atoms with Gasteiger partial charge in [0.15, 0.2) is 11.6 Å². The van der Waals surface area contributed by atoms with Gasteiger partial charge in [0.2, 0.25) is 0 Å². The van der Waals surface area contributed by atoms with Crippen molar-refractivity contribution in [1.82, 2.24) is 4.90 Å². The van der Waals surface area contributed by atoms with Gasteiger partial charge in [0.05, 0.1) is 6.61 Å². The van der Waals surface area contributed by atoms with E-state index in [0.29, 0.717) is 24.4 Å². The van der Waals surface area contributed by atoms with Gasteiger partial charge in [-0.2, -0.15) is 0 Å². The number of hydrogen-bond donors (Lipinski definition) is 1. The van der Waals surface area contributed by atoms with E-state index in [4.69, 9.17) is 4.74 Å². The third-order valence-electron chi connectivity index (χ3n) is 4.24. The molecule has 1 aliphatic carbocycles. The van der Waals surface area contributed by atoms with E-state index in [2.05, 4.69) is 17.1 Å². The first-order valence-electron chi connectivity index (χ1n) is 7.62. The lowest BCUT2D eigenvalue weighted by Crippen LogP contribution is -2.31. The van der Waals surface area contributed by atoms with Gasteiger partial charge in [0.1, 0.15) is 0 Å². The Labute approximate surface area is 120 Å². The molecule has 0 spiro atoms. The van der Waals surface area contributed by atoms with Crippen LogP contribution in [0.4, 0.5) is 10.1 Å². The van der Waals surface area contributed by atoms with E-state index in [-0.39, 0.29) is 5.82 Å². The van der Waals surface area contributed by atoms with Crippen LogP contribution >= 0.6 is 0 Å². The predicted octanol–water partition coefficient (Wildman–Crippen LogP) is 3.26. The summed E-state index contributed by atoms with van der Waals surface area (Å²) in [5.74, 6) is 0.0411. The Morgan fingerprint density at radius 1 is 1.40 bits per heavy atom. The van der Waals surface area contributed by atoms with Crippen LogP contribution in [0.5, 0.6) is 5.75 Å². The Hall–Kier alpha value is -1.29. The molecule has 3 rings (SSSR count). The van der Waals surface area contributed by atoms with Crippen LogP contribution in [0.2, 0.25) is 0 Å². The molecule has 0 amide bonds. The molecule has 4 heteroatoms. The van der Waals surface area contributed by atoms with Crippen molar-refractivity contribution in [3.63, 3.8) is 0 Å². The zero-order chi connectivity index (χ0) is 14.1. The SMILES string of the molecule is CCOc1ccc(NC2CC(C)N(C3CC3)C2)cc1F. The quantitative estimate of drug-likeness (QED) is 0.894. The maximum absolute atomic E-state index is 13.8. The Bertz CT molecular complexity index is 476. The number of benzene rings is 1. The smallest absolute Gasteiger partial charge is 0.167 e. The minimum absolute atomic E-state index is 0.290. The molecule has 20 heavy (non-hydrogen) atoms. The Balaban J connectivity index is 1.62. The number of hydrogen-bond acceptors (Lipinski definition) is 3. The van der Waals surface area contributed by atoms with E-state index >= 15 is 0 Å². The second kappa shape index (κ2) is 5.60. The number of halogens is 1. The fraction of sp³-hybridized carbons (Fsp3) is 0.625. The summed E-state index contributed by atoms with van der Waals surface area (Å²) in [5.41, 5.74) is 0.848. The molecule has 0 bridgehead atoms. The lowest BCUT2D eigenvalue weighted by Gasteiger charge is -2.20. The first-order chi connectivity index (χ1) is 9.67. The molecule has 1 aromatic rings. The summed E-state index contributed by atoms with van der Waals surface area (Å²) >= 11 is 0. The summed E-state index contributed by atoms with van der Waals surface area (Å²) in [5, 5.41) is 3.46. The Morgan fingerprint density at radius 3 is 2.85 bits per heavy atom. The first kappa shape index (κ1) is 13.7. The number of nitrogens with one attached hydrogen (secondary N) is 1. The van der Waals surface area contributed by atoms with Gasteiger partial charge in [-0.05, 0) is 45.2 Å². The van der Waals surface area contributed by atoms with Crippen molar-refractivity contribution in [2.75, 3.05) is 18.5 Å².